The topological polar surface area (TPSA) is 105 Å². The molecule has 2 aromatic heterocycles. The largest absolute Gasteiger partial charge is 0.343 e. The van der Waals surface area contributed by atoms with Crippen LogP contribution in [-0.2, 0) is 11.3 Å². The van der Waals surface area contributed by atoms with Gasteiger partial charge in [0.15, 0.2) is 5.69 Å². The van der Waals surface area contributed by atoms with Crippen molar-refractivity contribution in [1.29, 1.82) is 0 Å². The molecule has 4 aromatic rings. The van der Waals surface area contributed by atoms with Crippen molar-refractivity contribution in [3.8, 4) is 5.69 Å². The second-order valence-electron chi connectivity index (χ2n) is 6.45. The number of imidazole rings is 1. The molecule has 0 fully saturated rings. The van der Waals surface area contributed by atoms with Gasteiger partial charge in [0.05, 0.1) is 23.3 Å². The second-order valence-corrected chi connectivity index (χ2v) is 6.45. The first-order valence-corrected chi connectivity index (χ1v) is 9.31. The minimum absolute atomic E-state index is 0.156. The summed E-state index contributed by atoms with van der Waals surface area (Å²) >= 11 is 0. The maximum Gasteiger partial charge on any atom is 0.272 e. The Morgan fingerprint density at radius 3 is 2.59 bits per heavy atom. The summed E-state index contributed by atoms with van der Waals surface area (Å²) in [5.41, 5.74) is 2.70. The molecule has 29 heavy (non-hydrogen) atoms. The van der Waals surface area contributed by atoms with Crippen LogP contribution >= 0.6 is 0 Å². The number of fused-ring (bicyclic) bond motifs is 1. The van der Waals surface area contributed by atoms with Crippen molar-refractivity contribution in [1.82, 2.24) is 25.1 Å². The van der Waals surface area contributed by atoms with Crippen LogP contribution in [0, 0.1) is 0 Å². The Kier molecular flexibility index (Phi) is 5.07. The number of hydrogen-bond donors (Lipinski definition) is 3. The van der Waals surface area contributed by atoms with Gasteiger partial charge in [0.2, 0.25) is 5.91 Å². The van der Waals surface area contributed by atoms with Gasteiger partial charge < -0.3 is 15.6 Å². The number of H-pyrrole nitrogens is 1. The fraction of sp³-hybridized carbons (Fsp3) is 0.143. The SMILES string of the molecule is CCC(=O)Nc1cc(C(=O)NCc2nc3ccccc3[nH]2)nn1-c1ccccc1. The predicted octanol–water partition coefficient (Wildman–Crippen LogP) is 3.03. The summed E-state index contributed by atoms with van der Waals surface area (Å²) in [6, 6.07) is 18.5. The van der Waals surface area contributed by atoms with E-state index in [9.17, 15) is 9.59 Å². The molecule has 8 nitrogen and oxygen atoms in total. The zero-order chi connectivity index (χ0) is 20.2. The number of rotatable bonds is 6. The highest BCUT2D eigenvalue weighted by molar-refractivity contribution is 5.95. The maximum absolute atomic E-state index is 12.6. The standard InChI is InChI=1S/C21H20N6O2/c1-2-20(28)25-19-12-17(26-27(19)14-8-4-3-5-9-14)21(29)22-13-18-23-15-10-6-7-11-16(15)24-18/h3-12H,2,13H2,1H3,(H,22,29)(H,23,24)(H,25,28). The van der Waals surface area contributed by atoms with Gasteiger partial charge in [-0.05, 0) is 24.3 Å². The number of anilines is 1. The molecule has 3 N–H and O–H groups in total. The van der Waals surface area contributed by atoms with Crippen LogP contribution in [0.4, 0.5) is 5.82 Å². The van der Waals surface area contributed by atoms with Gasteiger partial charge in [-0.25, -0.2) is 9.67 Å². The highest BCUT2D eigenvalue weighted by atomic mass is 16.2. The van der Waals surface area contributed by atoms with Crippen LogP contribution in [-0.4, -0.2) is 31.6 Å². The first-order chi connectivity index (χ1) is 14.1. The van der Waals surface area contributed by atoms with Crippen molar-refractivity contribution in [3.05, 3.63) is 72.2 Å². The van der Waals surface area contributed by atoms with Gasteiger partial charge >= 0.3 is 0 Å². The number of aromatic amines is 1. The quantitative estimate of drug-likeness (QED) is 0.472. The van der Waals surface area contributed by atoms with Crippen LogP contribution in [0.15, 0.2) is 60.7 Å². The highest BCUT2D eigenvalue weighted by Gasteiger charge is 2.17. The number of amides is 2. The van der Waals surface area contributed by atoms with Crippen LogP contribution in [0.3, 0.4) is 0 Å². The lowest BCUT2D eigenvalue weighted by Gasteiger charge is -2.07. The molecule has 0 saturated carbocycles. The summed E-state index contributed by atoms with van der Waals surface area (Å²) in [5.74, 6) is 0.585. The van der Waals surface area contributed by atoms with Crippen molar-refractivity contribution in [3.63, 3.8) is 0 Å². The normalized spacial score (nSPS) is 10.8. The molecule has 146 valence electrons. The Bertz CT molecular complexity index is 1130. The fourth-order valence-electron chi connectivity index (χ4n) is 2.92. The number of carbonyl (C=O) groups excluding carboxylic acids is 2. The Balaban J connectivity index is 1.55. The molecule has 0 aliphatic heterocycles. The van der Waals surface area contributed by atoms with Crippen LogP contribution in [0.2, 0.25) is 0 Å². The van der Waals surface area contributed by atoms with E-state index in [0.29, 0.717) is 18.1 Å². The monoisotopic (exact) mass is 388 g/mol. The van der Waals surface area contributed by atoms with E-state index in [-0.39, 0.29) is 24.1 Å². The van der Waals surface area contributed by atoms with E-state index >= 15 is 0 Å². The van der Waals surface area contributed by atoms with E-state index in [1.165, 1.54) is 0 Å². The smallest absolute Gasteiger partial charge is 0.272 e. The van der Waals surface area contributed by atoms with Gasteiger partial charge in [0.25, 0.3) is 5.91 Å². The lowest BCUT2D eigenvalue weighted by atomic mass is 10.3. The maximum atomic E-state index is 12.6. The van der Waals surface area contributed by atoms with E-state index in [4.69, 9.17) is 0 Å². The molecule has 0 radical (unpaired) electrons. The fourth-order valence-corrected chi connectivity index (χ4v) is 2.92. The molecule has 4 rings (SSSR count). The molecular weight excluding hydrogens is 368 g/mol. The van der Waals surface area contributed by atoms with Gasteiger partial charge in [-0.1, -0.05) is 37.3 Å². The average molecular weight is 388 g/mol. The predicted molar refractivity (Wildman–Crippen MR) is 110 cm³/mol. The van der Waals surface area contributed by atoms with E-state index in [2.05, 4.69) is 25.7 Å². The van der Waals surface area contributed by atoms with Crippen molar-refractivity contribution in [2.24, 2.45) is 0 Å². The van der Waals surface area contributed by atoms with Crippen LogP contribution < -0.4 is 10.6 Å². The minimum atomic E-state index is -0.355. The van der Waals surface area contributed by atoms with E-state index in [1.54, 1.807) is 17.7 Å². The number of nitrogens with one attached hydrogen (secondary N) is 3. The molecular formula is C21H20N6O2. The van der Waals surface area contributed by atoms with Gasteiger partial charge in [0.1, 0.15) is 11.6 Å². The Morgan fingerprint density at radius 1 is 1.07 bits per heavy atom. The molecule has 0 atom stereocenters. The minimum Gasteiger partial charge on any atom is -0.343 e. The molecule has 0 unspecified atom stereocenters. The Morgan fingerprint density at radius 2 is 1.83 bits per heavy atom. The van der Waals surface area contributed by atoms with Crippen molar-refractivity contribution in [2.75, 3.05) is 5.32 Å². The summed E-state index contributed by atoms with van der Waals surface area (Å²) in [5, 5.41) is 9.98. The summed E-state index contributed by atoms with van der Waals surface area (Å²) in [4.78, 5) is 32.1. The lowest BCUT2D eigenvalue weighted by Crippen LogP contribution is -2.24. The van der Waals surface area contributed by atoms with Crippen LogP contribution in [0.25, 0.3) is 16.7 Å². The third-order valence-corrected chi connectivity index (χ3v) is 4.39. The van der Waals surface area contributed by atoms with Gasteiger partial charge in [-0.2, -0.15) is 5.10 Å². The first-order valence-electron chi connectivity index (χ1n) is 9.31. The molecule has 2 amide bonds. The number of hydrogen-bond acceptors (Lipinski definition) is 4. The Labute approximate surface area is 167 Å². The number of nitrogens with zero attached hydrogens (tertiary/aromatic N) is 3. The average Bonchev–Trinajstić information content (AvgIpc) is 3.36. The third kappa shape index (κ3) is 4.01. The van der Waals surface area contributed by atoms with E-state index < -0.39 is 0 Å². The molecule has 2 aromatic carbocycles. The molecule has 0 spiro atoms. The van der Waals surface area contributed by atoms with Crippen LogP contribution in [0.5, 0.6) is 0 Å². The Hall–Kier alpha value is -3.94. The zero-order valence-electron chi connectivity index (χ0n) is 15.8. The molecule has 2 heterocycles. The van der Waals surface area contributed by atoms with Crippen molar-refractivity contribution >= 4 is 28.7 Å². The number of benzene rings is 2. The first kappa shape index (κ1) is 18.4. The van der Waals surface area contributed by atoms with Crippen LogP contribution in [0.1, 0.15) is 29.7 Å². The summed E-state index contributed by atoms with van der Waals surface area (Å²) in [6.07, 6.45) is 0.327. The highest BCUT2D eigenvalue weighted by Crippen LogP contribution is 2.18. The lowest BCUT2D eigenvalue weighted by molar-refractivity contribution is -0.115. The van der Waals surface area contributed by atoms with E-state index in [1.807, 2.05) is 54.6 Å². The number of carbonyl (C=O) groups is 2. The molecule has 0 aliphatic rings. The van der Waals surface area contributed by atoms with Gasteiger partial charge in [0, 0.05) is 12.5 Å². The molecule has 0 aliphatic carbocycles. The van der Waals surface area contributed by atoms with Gasteiger partial charge in [-0.3, -0.25) is 9.59 Å². The van der Waals surface area contributed by atoms with Crippen molar-refractivity contribution in [2.45, 2.75) is 19.9 Å². The van der Waals surface area contributed by atoms with Gasteiger partial charge in [-0.15, -0.1) is 0 Å². The van der Waals surface area contributed by atoms with Crippen molar-refractivity contribution < 1.29 is 9.59 Å². The molecule has 8 heteroatoms. The molecule has 0 saturated heterocycles. The summed E-state index contributed by atoms with van der Waals surface area (Å²) in [6.45, 7) is 2.00. The third-order valence-electron chi connectivity index (χ3n) is 4.39. The summed E-state index contributed by atoms with van der Waals surface area (Å²) < 4.78 is 1.55. The zero-order valence-corrected chi connectivity index (χ0v) is 15.8. The van der Waals surface area contributed by atoms with E-state index in [0.717, 1.165) is 16.7 Å². The number of aromatic nitrogens is 4. The summed E-state index contributed by atoms with van der Waals surface area (Å²) in [7, 11) is 0. The number of para-hydroxylation sites is 3. The molecule has 0 bridgehead atoms. The second kappa shape index (κ2) is 7.97.